The van der Waals surface area contributed by atoms with E-state index in [1.165, 1.54) is 23.5 Å². The Morgan fingerprint density at radius 2 is 2.00 bits per heavy atom. The van der Waals surface area contributed by atoms with Gasteiger partial charge in [0.25, 0.3) is 5.56 Å². The number of halogens is 2. The van der Waals surface area contributed by atoms with Crippen LogP contribution < -0.4 is 19.6 Å². The maximum atomic E-state index is 13.4. The number of para-hydroxylation sites is 2. The molecule has 2 aromatic heterocycles. The zero-order chi connectivity index (χ0) is 22.2. The highest BCUT2D eigenvalue weighted by Crippen LogP contribution is 2.37. The molecule has 0 aliphatic rings. The van der Waals surface area contributed by atoms with Crippen LogP contribution in [0.15, 0.2) is 69.9 Å². The predicted molar refractivity (Wildman–Crippen MR) is 127 cm³/mol. The van der Waals surface area contributed by atoms with Crippen LogP contribution in [0.1, 0.15) is 11.1 Å². The Bertz CT molecular complexity index is 1580. The minimum atomic E-state index is -0.314. The first-order valence-electron chi connectivity index (χ1n) is 9.70. The lowest BCUT2D eigenvalue weighted by Crippen LogP contribution is -2.22. The van der Waals surface area contributed by atoms with Gasteiger partial charge in [-0.25, -0.2) is 13.8 Å². The van der Waals surface area contributed by atoms with Crippen molar-refractivity contribution in [2.24, 2.45) is 0 Å². The van der Waals surface area contributed by atoms with E-state index in [1.54, 1.807) is 35.8 Å². The van der Waals surface area contributed by atoms with Crippen LogP contribution in [0.3, 0.4) is 0 Å². The minimum Gasteiger partial charge on any atom is -0.493 e. The van der Waals surface area contributed by atoms with Crippen LogP contribution in [-0.4, -0.2) is 16.5 Å². The van der Waals surface area contributed by atoms with E-state index < -0.39 is 0 Å². The largest absolute Gasteiger partial charge is 0.493 e. The van der Waals surface area contributed by atoms with E-state index in [4.69, 9.17) is 9.47 Å². The summed E-state index contributed by atoms with van der Waals surface area (Å²) in [5, 5.41) is 0. The van der Waals surface area contributed by atoms with Gasteiger partial charge in [0.05, 0.1) is 27.1 Å². The van der Waals surface area contributed by atoms with E-state index in [0.717, 1.165) is 16.6 Å². The van der Waals surface area contributed by atoms with Crippen molar-refractivity contribution in [1.29, 1.82) is 0 Å². The molecule has 0 bridgehead atoms. The maximum absolute atomic E-state index is 13.4. The molecule has 0 N–H and O–H groups in total. The minimum absolute atomic E-state index is 0.111. The van der Waals surface area contributed by atoms with Gasteiger partial charge in [-0.05, 0) is 69.5 Å². The van der Waals surface area contributed by atoms with Crippen molar-refractivity contribution in [2.45, 2.75) is 6.61 Å². The van der Waals surface area contributed by atoms with Gasteiger partial charge in [0.1, 0.15) is 12.4 Å². The van der Waals surface area contributed by atoms with Crippen molar-refractivity contribution in [3.05, 3.63) is 97.0 Å². The van der Waals surface area contributed by atoms with Crippen LogP contribution in [0, 0.1) is 5.82 Å². The van der Waals surface area contributed by atoms with Crippen LogP contribution >= 0.6 is 27.3 Å². The quantitative estimate of drug-likeness (QED) is 0.335. The molecule has 0 fully saturated rings. The number of methoxy groups -OCH3 is 1. The van der Waals surface area contributed by atoms with Crippen molar-refractivity contribution >= 4 is 49.3 Å². The molecular weight excluding hydrogens is 495 g/mol. The van der Waals surface area contributed by atoms with E-state index in [0.29, 0.717) is 31.0 Å². The van der Waals surface area contributed by atoms with Gasteiger partial charge in [0.2, 0.25) is 0 Å². The number of imidazole rings is 1. The Morgan fingerprint density at radius 1 is 1.16 bits per heavy atom. The molecule has 0 amide bonds. The van der Waals surface area contributed by atoms with E-state index in [-0.39, 0.29) is 18.0 Å². The summed E-state index contributed by atoms with van der Waals surface area (Å²) in [5.74, 6) is 0.690. The SMILES string of the molecule is COc1cc(/C=c2\sc3nc4ccccc4n3c2=O)cc(Br)c1OCc1cccc(F)c1. The fourth-order valence-corrected chi connectivity index (χ4v) is 5.07. The van der Waals surface area contributed by atoms with E-state index in [2.05, 4.69) is 20.9 Å². The second kappa shape index (κ2) is 8.37. The third-order valence-corrected chi connectivity index (χ3v) is 6.52. The number of rotatable bonds is 5. The summed E-state index contributed by atoms with van der Waals surface area (Å²) in [6.45, 7) is 0.190. The van der Waals surface area contributed by atoms with Crippen LogP contribution in [0.25, 0.3) is 22.1 Å². The second-order valence-corrected chi connectivity index (χ2v) is 8.95. The molecule has 160 valence electrons. The Morgan fingerprint density at radius 3 is 2.81 bits per heavy atom. The predicted octanol–water partition coefficient (Wildman–Crippen LogP) is 4.95. The Labute approximate surface area is 194 Å². The third-order valence-electron chi connectivity index (χ3n) is 4.97. The molecule has 0 saturated heterocycles. The van der Waals surface area contributed by atoms with Gasteiger partial charge in [-0.15, -0.1) is 0 Å². The van der Waals surface area contributed by atoms with Gasteiger partial charge >= 0.3 is 0 Å². The van der Waals surface area contributed by atoms with Gasteiger partial charge in [-0.2, -0.15) is 0 Å². The average Bonchev–Trinajstić information content (AvgIpc) is 3.29. The molecule has 3 aromatic carbocycles. The van der Waals surface area contributed by atoms with Gasteiger partial charge in [-0.1, -0.05) is 35.6 Å². The van der Waals surface area contributed by atoms with Crippen LogP contribution in [0.5, 0.6) is 11.5 Å². The lowest BCUT2D eigenvalue weighted by Gasteiger charge is -2.13. The molecule has 0 spiro atoms. The summed E-state index contributed by atoms with van der Waals surface area (Å²) in [4.78, 5) is 18.2. The normalized spacial score (nSPS) is 12.0. The number of hydrogen-bond donors (Lipinski definition) is 0. The molecule has 0 atom stereocenters. The van der Waals surface area contributed by atoms with Gasteiger partial charge in [-0.3, -0.25) is 4.79 Å². The highest BCUT2D eigenvalue weighted by atomic mass is 79.9. The van der Waals surface area contributed by atoms with Crippen molar-refractivity contribution < 1.29 is 13.9 Å². The van der Waals surface area contributed by atoms with E-state index >= 15 is 0 Å². The maximum Gasteiger partial charge on any atom is 0.274 e. The number of aromatic nitrogens is 2. The van der Waals surface area contributed by atoms with Gasteiger partial charge in [0, 0.05) is 0 Å². The molecule has 5 aromatic rings. The van der Waals surface area contributed by atoms with Crippen molar-refractivity contribution in [3.8, 4) is 11.5 Å². The average molecular weight is 511 g/mol. The van der Waals surface area contributed by atoms with Crippen LogP contribution in [0.4, 0.5) is 4.39 Å². The topological polar surface area (TPSA) is 52.8 Å². The molecule has 8 heteroatoms. The first kappa shape index (κ1) is 20.7. The third kappa shape index (κ3) is 3.76. The Hall–Kier alpha value is -3.23. The molecule has 0 unspecified atom stereocenters. The molecule has 5 nitrogen and oxygen atoms in total. The smallest absolute Gasteiger partial charge is 0.274 e. The van der Waals surface area contributed by atoms with Gasteiger partial charge in [0.15, 0.2) is 16.5 Å². The highest BCUT2D eigenvalue weighted by Gasteiger charge is 2.14. The fourth-order valence-electron chi connectivity index (χ4n) is 3.51. The molecule has 32 heavy (non-hydrogen) atoms. The number of nitrogens with zero attached hydrogens (tertiary/aromatic N) is 2. The number of ether oxygens (including phenoxy) is 2. The Balaban J connectivity index is 1.52. The second-order valence-electron chi connectivity index (χ2n) is 7.09. The molecule has 0 radical (unpaired) electrons. The zero-order valence-corrected chi connectivity index (χ0v) is 19.2. The summed E-state index contributed by atoms with van der Waals surface area (Å²) < 4.78 is 27.7. The molecule has 0 aliphatic carbocycles. The molecule has 0 aliphatic heterocycles. The van der Waals surface area contributed by atoms with Crippen LogP contribution in [-0.2, 0) is 6.61 Å². The number of benzene rings is 3. The zero-order valence-electron chi connectivity index (χ0n) is 16.8. The van der Waals surface area contributed by atoms with Crippen molar-refractivity contribution in [1.82, 2.24) is 9.38 Å². The number of fused-ring (bicyclic) bond motifs is 3. The van der Waals surface area contributed by atoms with Gasteiger partial charge < -0.3 is 9.47 Å². The monoisotopic (exact) mass is 510 g/mol. The summed E-state index contributed by atoms with van der Waals surface area (Å²) >= 11 is 4.86. The van der Waals surface area contributed by atoms with E-state index in [9.17, 15) is 9.18 Å². The van der Waals surface area contributed by atoms with Crippen molar-refractivity contribution in [3.63, 3.8) is 0 Å². The highest BCUT2D eigenvalue weighted by molar-refractivity contribution is 9.10. The Kier molecular flexibility index (Phi) is 5.40. The first-order chi connectivity index (χ1) is 15.5. The lowest BCUT2D eigenvalue weighted by atomic mass is 10.2. The molecule has 0 saturated carbocycles. The molecule has 2 heterocycles. The summed E-state index contributed by atoms with van der Waals surface area (Å²) in [6.07, 6.45) is 1.81. The van der Waals surface area contributed by atoms with Crippen molar-refractivity contribution in [2.75, 3.05) is 7.11 Å². The van der Waals surface area contributed by atoms with E-state index in [1.807, 2.05) is 30.3 Å². The number of thiazole rings is 1. The molecule has 5 rings (SSSR count). The summed E-state index contributed by atoms with van der Waals surface area (Å²) in [6, 6.07) is 17.5. The first-order valence-corrected chi connectivity index (χ1v) is 11.3. The summed E-state index contributed by atoms with van der Waals surface area (Å²) in [7, 11) is 1.55. The van der Waals surface area contributed by atoms with Crippen LogP contribution in [0.2, 0.25) is 0 Å². The lowest BCUT2D eigenvalue weighted by molar-refractivity contribution is 0.282. The standard InChI is InChI=1S/C24H16BrFN2O3S/c1-30-20-11-15(10-17(25)22(20)31-13-14-5-4-6-16(26)9-14)12-21-23(29)28-19-8-3-2-7-18(19)27-24(28)32-21/h2-12H,13H2,1H3/b21-12-. The number of hydrogen-bond acceptors (Lipinski definition) is 5. The fraction of sp³-hybridized carbons (Fsp3) is 0.0833. The molecular formula is C24H16BrFN2O3S. The summed E-state index contributed by atoms with van der Waals surface area (Å²) in [5.41, 5.74) is 2.97.